The smallest absolute Gasteiger partial charge is 0.238 e. The van der Waals surface area contributed by atoms with E-state index in [4.69, 9.17) is 9.47 Å². The first-order valence-corrected chi connectivity index (χ1v) is 5.79. The molecule has 2 aromatic carbocycles. The Labute approximate surface area is 105 Å². The molecule has 0 aliphatic carbocycles. The Balaban J connectivity index is 2.07. The molecule has 1 heterocycles. The van der Waals surface area contributed by atoms with E-state index >= 15 is 0 Å². The van der Waals surface area contributed by atoms with Gasteiger partial charge in [-0.15, -0.1) is 0 Å². The highest BCUT2D eigenvalue weighted by Crippen LogP contribution is 2.52. The Bertz CT molecular complexity index is 555. The Hall–Kier alpha value is -1.87. The van der Waals surface area contributed by atoms with Crippen LogP contribution in [0.15, 0.2) is 54.6 Å². The van der Waals surface area contributed by atoms with E-state index in [1.54, 1.807) is 7.11 Å². The van der Waals surface area contributed by atoms with Gasteiger partial charge < -0.3 is 9.47 Å². The fraction of sp³-hybridized carbons (Fsp3) is 0.200. The molecule has 2 nitrogen and oxygen atoms in total. The average Bonchev–Trinajstić information content (AvgIpc) is 3.13. The van der Waals surface area contributed by atoms with Crippen LogP contribution in [0.2, 0.25) is 0 Å². The van der Waals surface area contributed by atoms with Crippen molar-refractivity contribution < 1.29 is 13.9 Å². The van der Waals surface area contributed by atoms with Crippen LogP contribution in [0, 0.1) is 0 Å². The number of benzene rings is 2. The molecule has 2 unspecified atom stereocenters. The van der Waals surface area contributed by atoms with E-state index in [1.165, 1.54) is 0 Å². The Morgan fingerprint density at radius 2 is 1.72 bits per heavy atom. The molecular weight excluding hydrogens is 231 g/mol. The summed E-state index contributed by atoms with van der Waals surface area (Å²) in [4.78, 5) is 0. The van der Waals surface area contributed by atoms with Crippen molar-refractivity contribution >= 4 is 0 Å². The lowest BCUT2D eigenvalue weighted by atomic mass is 9.91. The number of hydrogen-bond acceptors (Lipinski definition) is 2. The standard InChI is InChI=1S/C15H13FO2/c1-17-13-9-5-8-12(10-13)15(14(16)18-15)11-6-3-2-4-7-11/h2-10,14H,1H3. The Morgan fingerprint density at radius 3 is 2.33 bits per heavy atom. The van der Waals surface area contributed by atoms with Gasteiger partial charge >= 0.3 is 0 Å². The van der Waals surface area contributed by atoms with Crippen LogP contribution in [0.3, 0.4) is 0 Å². The normalized spacial score (nSPS) is 25.8. The third kappa shape index (κ3) is 1.59. The first-order chi connectivity index (χ1) is 8.77. The van der Waals surface area contributed by atoms with Crippen molar-refractivity contribution in [2.45, 2.75) is 12.0 Å². The van der Waals surface area contributed by atoms with Crippen LogP contribution in [-0.4, -0.2) is 13.5 Å². The molecule has 1 aliphatic heterocycles. The topological polar surface area (TPSA) is 21.8 Å². The van der Waals surface area contributed by atoms with Gasteiger partial charge in [-0.05, 0) is 23.3 Å². The average molecular weight is 244 g/mol. The third-order valence-corrected chi connectivity index (χ3v) is 3.25. The highest BCUT2D eigenvalue weighted by molar-refractivity contribution is 5.44. The van der Waals surface area contributed by atoms with Gasteiger partial charge in [0.25, 0.3) is 0 Å². The number of hydrogen-bond donors (Lipinski definition) is 0. The maximum absolute atomic E-state index is 13.8. The van der Waals surface area contributed by atoms with Crippen molar-refractivity contribution in [3.63, 3.8) is 0 Å². The highest BCUT2D eigenvalue weighted by atomic mass is 19.2. The van der Waals surface area contributed by atoms with Crippen molar-refractivity contribution in [2.24, 2.45) is 0 Å². The zero-order valence-electron chi connectivity index (χ0n) is 9.97. The molecule has 1 aliphatic rings. The number of methoxy groups -OCH3 is 1. The molecule has 0 radical (unpaired) electrons. The van der Waals surface area contributed by atoms with E-state index in [0.717, 1.165) is 11.1 Å². The van der Waals surface area contributed by atoms with Crippen LogP contribution >= 0.6 is 0 Å². The summed E-state index contributed by atoms with van der Waals surface area (Å²) < 4.78 is 24.2. The zero-order valence-corrected chi connectivity index (χ0v) is 9.97. The predicted octanol–water partition coefficient (Wildman–Crippen LogP) is 3.26. The number of alkyl halides is 1. The van der Waals surface area contributed by atoms with Gasteiger partial charge in [-0.25, -0.2) is 4.39 Å². The SMILES string of the molecule is COc1cccc(C2(c3ccccc3)OC2F)c1. The zero-order chi connectivity index (χ0) is 12.6. The summed E-state index contributed by atoms with van der Waals surface area (Å²) in [6.45, 7) is 0. The Kier molecular flexibility index (Phi) is 2.56. The van der Waals surface area contributed by atoms with Crippen LogP contribution < -0.4 is 4.74 Å². The molecule has 92 valence electrons. The summed E-state index contributed by atoms with van der Waals surface area (Å²) in [6, 6.07) is 16.8. The predicted molar refractivity (Wildman–Crippen MR) is 66.2 cm³/mol. The van der Waals surface area contributed by atoms with E-state index in [-0.39, 0.29) is 0 Å². The van der Waals surface area contributed by atoms with Crippen LogP contribution in [-0.2, 0) is 10.3 Å². The lowest BCUT2D eigenvalue weighted by Gasteiger charge is -2.13. The second kappa shape index (κ2) is 4.10. The molecule has 3 rings (SSSR count). The van der Waals surface area contributed by atoms with E-state index in [0.29, 0.717) is 5.75 Å². The van der Waals surface area contributed by atoms with Gasteiger partial charge in [-0.2, -0.15) is 0 Å². The largest absolute Gasteiger partial charge is 0.497 e. The highest BCUT2D eigenvalue weighted by Gasteiger charge is 2.60. The summed E-state index contributed by atoms with van der Waals surface area (Å²) in [6.07, 6.45) is -1.30. The molecule has 3 heteroatoms. The maximum atomic E-state index is 13.8. The van der Waals surface area contributed by atoms with E-state index in [1.807, 2.05) is 54.6 Å². The second-order valence-electron chi connectivity index (χ2n) is 4.27. The van der Waals surface area contributed by atoms with Crippen molar-refractivity contribution in [3.8, 4) is 5.75 Å². The van der Waals surface area contributed by atoms with Gasteiger partial charge in [-0.1, -0.05) is 42.5 Å². The van der Waals surface area contributed by atoms with Crippen molar-refractivity contribution in [3.05, 3.63) is 65.7 Å². The van der Waals surface area contributed by atoms with Crippen LogP contribution in [0.4, 0.5) is 4.39 Å². The first kappa shape index (κ1) is 11.2. The molecular formula is C15H13FO2. The molecule has 18 heavy (non-hydrogen) atoms. The summed E-state index contributed by atoms with van der Waals surface area (Å²) >= 11 is 0. The molecule has 0 spiro atoms. The fourth-order valence-corrected chi connectivity index (χ4v) is 2.23. The quantitative estimate of drug-likeness (QED) is 0.773. The Morgan fingerprint density at radius 1 is 1.06 bits per heavy atom. The van der Waals surface area contributed by atoms with E-state index in [9.17, 15) is 4.39 Å². The summed E-state index contributed by atoms with van der Waals surface area (Å²) in [5.74, 6) is 0.700. The summed E-state index contributed by atoms with van der Waals surface area (Å²) in [7, 11) is 1.59. The number of halogens is 1. The van der Waals surface area contributed by atoms with Gasteiger partial charge in [0.05, 0.1) is 7.11 Å². The number of ether oxygens (including phenoxy) is 2. The molecule has 0 bridgehead atoms. The van der Waals surface area contributed by atoms with Gasteiger partial charge in [0.2, 0.25) is 6.36 Å². The van der Waals surface area contributed by atoms with Crippen molar-refractivity contribution in [1.82, 2.24) is 0 Å². The van der Waals surface area contributed by atoms with E-state index < -0.39 is 12.0 Å². The third-order valence-electron chi connectivity index (χ3n) is 3.25. The fourth-order valence-electron chi connectivity index (χ4n) is 2.23. The molecule has 1 fully saturated rings. The maximum Gasteiger partial charge on any atom is 0.238 e. The second-order valence-corrected chi connectivity index (χ2v) is 4.27. The monoisotopic (exact) mass is 244 g/mol. The van der Waals surface area contributed by atoms with Gasteiger partial charge in [0, 0.05) is 0 Å². The summed E-state index contributed by atoms with van der Waals surface area (Å²) in [5.41, 5.74) is 0.641. The molecule has 0 amide bonds. The van der Waals surface area contributed by atoms with Crippen LogP contribution in [0.25, 0.3) is 0 Å². The number of epoxide rings is 1. The summed E-state index contributed by atoms with van der Waals surface area (Å²) in [5, 5.41) is 0. The van der Waals surface area contributed by atoms with Crippen molar-refractivity contribution in [2.75, 3.05) is 7.11 Å². The lowest BCUT2D eigenvalue weighted by Crippen LogP contribution is -2.13. The van der Waals surface area contributed by atoms with Gasteiger partial charge in [0.1, 0.15) is 5.75 Å². The van der Waals surface area contributed by atoms with Crippen LogP contribution in [0.5, 0.6) is 5.75 Å². The lowest BCUT2D eigenvalue weighted by molar-refractivity contribution is 0.254. The van der Waals surface area contributed by atoms with Gasteiger partial charge in [0.15, 0.2) is 5.60 Å². The van der Waals surface area contributed by atoms with E-state index in [2.05, 4.69) is 0 Å². The van der Waals surface area contributed by atoms with Gasteiger partial charge in [-0.3, -0.25) is 0 Å². The minimum atomic E-state index is -1.30. The number of rotatable bonds is 3. The molecule has 0 N–H and O–H groups in total. The molecule has 2 atom stereocenters. The molecule has 2 aromatic rings. The molecule has 0 saturated carbocycles. The van der Waals surface area contributed by atoms with Crippen molar-refractivity contribution in [1.29, 1.82) is 0 Å². The molecule has 1 saturated heterocycles. The molecule has 0 aromatic heterocycles. The minimum absolute atomic E-state index is 0.700. The minimum Gasteiger partial charge on any atom is -0.497 e. The van der Waals surface area contributed by atoms with Crippen LogP contribution in [0.1, 0.15) is 11.1 Å². The first-order valence-electron chi connectivity index (χ1n) is 5.79.